The van der Waals surface area contributed by atoms with Crippen molar-refractivity contribution >= 4 is 11.9 Å². The van der Waals surface area contributed by atoms with Crippen molar-refractivity contribution in [3.8, 4) is 6.07 Å². The van der Waals surface area contributed by atoms with Gasteiger partial charge in [0.05, 0.1) is 17.7 Å². The zero-order valence-electron chi connectivity index (χ0n) is 9.62. The SMILES string of the molecule is C[C@@H](O)[C@H](NC(=O)c1cccc(C#N)c1)C(=O)O. The van der Waals surface area contributed by atoms with Crippen LogP contribution in [0.15, 0.2) is 24.3 Å². The third kappa shape index (κ3) is 3.30. The van der Waals surface area contributed by atoms with Gasteiger partial charge in [-0.05, 0) is 25.1 Å². The monoisotopic (exact) mass is 248 g/mol. The summed E-state index contributed by atoms with van der Waals surface area (Å²) in [5.74, 6) is -1.98. The van der Waals surface area contributed by atoms with E-state index >= 15 is 0 Å². The second-order valence-corrected chi connectivity index (χ2v) is 3.72. The largest absolute Gasteiger partial charge is 0.480 e. The number of carboxylic acids is 1. The zero-order chi connectivity index (χ0) is 13.7. The minimum absolute atomic E-state index is 0.168. The number of hydrogen-bond acceptors (Lipinski definition) is 4. The van der Waals surface area contributed by atoms with Crippen molar-refractivity contribution < 1.29 is 19.8 Å². The van der Waals surface area contributed by atoms with E-state index in [0.717, 1.165) is 0 Å². The number of nitrogens with zero attached hydrogens (tertiary/aromatic N) is 1. The Morgan fingerprint density at radius 3 is 2.61 bits per heavy atom. The van der Waals surface area contributed by atoms with Gasteiger partial charge in [-0.25, -0.2) is 4.79 Å². The Bertz CT molecular complexity index is 505. The molecule has 2 atom stereocenters. The number of carbonyl (C=O) groups is 2. The molecule has 0 unspecified atom stereocenters. The molecule has 0 fully saturated rings. The number of amides is 1. The number of carbonyl (C=O) groups excluding carboxylic acids is 1. The van der Waals surface area contributed by atoms with Gasteiger partial charge in [0.25, 0.3) is 5.91 Å². The maximum absolute atomic E-state index is 11.7. The van der Waals surface area contributed by atoms with E-state index in [1.807, 2.05) is 6.07 Å². The Morgan fingerprint density at radius 1 is 1.44 bits per heavy atom. The van der Waals surface area contributed by atoms with E-state index in [1.54, 1.807) is 0 Å². The number of hydrogen-bond donors (Lipinski definition) is 3. The van der Waals surface area contributed by atoms with Crippen LogP contribution in [0, 0.1) is 11.3 Å². The van der Waals surface area contributed by atoms with E-state index in [9.17, 15) is 14.7 Å². The number of carboxylic acid groups (broad SMARTS) is 1. The molecule has 6 nitrogen and oxygen atoms in total. The summed E-state index contributed by atoms with van der Waals surface area (Å²) in [6, 6.07) is 6.34. The normalized spacial score (nSPS) is 13.2. The summed E-state index contributed by atoms with van der Waals surface area (Å²) >= 11 is 0. The van der Waals surface area contributed by atoms with Gasteiger partial charge < -0.3 is 15.5 Å². The molecule has 0 aromatic heterocycles. The Labute approximate surface area is 103 Å². The number of nitrogens with one attached hydrogen (secondary N) is 1. The quantitative estimate of drug-likeness (QED) is 0.701. The summed E-state index contributed by atoms with van der Waals surface area (Å²) in [4.78, 5) is 22.5. The lowest BCUT2D eigenvalue weighted by Crippen LogP contribution is -2.47. The lowest BCUT2D eigenvalue weighted by molar-refractivity contribution is -0.141. The smallest absolute Gasteiger partial charge is 0.328 e. The van der Waals surface area contributed by atoms with Crippen LogP contribution in [0.3, 0.4) is 0 Å². The minimum Gasteiger partial charge on any atom is -0.480 e. The Kier molecular flexibility index (Phi) is 4.40. The summed E-state index contributed by atoms with van der Waals surface area (Å²) in [6.45, 7) is 1.27. The average molecular weight is 248 g/mol. The molecule has 0 aliphatic heterocycles. The van der Waals surface area contributed by atoms with Crippen LogP contribution in [-0.4, -0.2) is 34.2 Å². The molecule has 1 rings (SSSR count). The van der Waals surface area contributed by atoms with Gasteiger partial charge in [-0.1, -0.05) is 6.07 Å². The second kappa shape index (κ2) is 5.80. The third-order valence-electron chi connectivity index (χ3n) is 2.29. The van der Waals surface area contributed by atoms with E-state index in [0.29, 0.717) is 5.56 Å². The molecule has 0 aliphatic rings. The molecule has 6 heteroatoms. The minimum atomic E-state index is -1.39. The number of nitriles is 1. The predicted molar refractivity (Wildman–Crippen MR) is 61.7 cm³/mol. The fourth-order valence-corrected chi connectivity index (χ4v) is 1.34. The highest BCUT2D eigenvalue weighted by atomic mass is 16.4. The summed E-state index contributed by atoms with van der Waals surface area (Å²) < 4.78 is 0. The highest BCUT2D eigenvalue weighted by molar-refractivity contribution is 5.97. The van der Waals surface area contributed by atoms with Crippen LogP contribution >= 0.6 is 0 Å². The first-order valence-corrected chi connectivity index (χ1v) is 5.17. The van der Waals surface area contributed by atoms with E-state index in [2.05, 4.69) is 5.32 Å². The van der Waals surface area contributed by atoms with Crippen molar-refractivity contribution in [3.63, 3.8) is 0 Å². The first-order chi connectivity index (χ1) is 8.45. The maximum Gasteiger partial charge on any atom is 0.328 e. The Morgan fingerprint density at radius 2 is 2.11 bits per heavy atom. The fourth-order valence-electron chi connectivity index (χ4n) is 1.34. The molecule has 0 bridgehead atoms. The summed E-state index contributed by atoms with van der Waals surface area (Å²) in [5, 5.41) is 28.9. The van der Waals surface area contributed by atoms with Crippen LogP contribution in [0.5, 0.6) is 0 Å². The molecule has 18 heavy (non-hydrogen) atoms. The molecule has 1 amide bonds. The lowest BCUT2D eigenvalue weighted by Gasteiger charge is -2.16. The predicted octanol–water partition coefficient (Wildman–Crippen LogP) is 0.122. The molecular formula is C12H12N2O4. The van der Waals surface area contributed by atoms with Crippen LogP contribution in [0.4, 0.5) is 0 Å². The van der Waals surface area contributed by atoms with Crippen LogP contribution in [0.25, 0.3) is 0 Å². The number of aliphatic hydroxyl groups excluding tert-OH is 1. The number of benzene rings is 1. The first kappa shape index (κ1) is 13.7. The van der Waals surface area contributed by atoms with Gasteiger partial charge in [-0.3, -0.25) is 4.79 Å². The van der Waals surface area contributed by atoms with E-state index in [1.165, 1.54) is 31.2 Å². The molecule has 1 aromatic rings. The average Bonchev–Trinajstić information content (AvgIpc) is 2.34. The molecular weight excluding hydrogens is 236 g/mol. The molecule has 0 spiro atoms. The van der Waals surface area contributed by atoms with Crippen LogP contribution in [-0.2, 0) is 4.79 Å². The number of aliphatic carboxylic acids is 1. The van der Waals surface area contributed by atoms with Crippen LogP contribution < -0.4 is 5.32 Å². The molecule has 0 heterocycles. The van der Waals surface area contributed by atoms with Gasteiger partial charge in [-0.15, -0.1) is 0 Å². The summed E-state index contributed by atoms with van der Waals surface area (Å²) in [6.07, 6.45) is -1.22. The zero-order valence-corrected chi connectivity index (χ0v) is 9.62. The number of aliphatic hydroxyl groups is 1. The van der Waals surface area contributed by atoms with Gasteiger partial charge in [-0.2, -0.15) is 5.26 Å². The lowest BCUT2D eigenvalue weighted by atomic mass is 10.1. The van der Waals surface area contributed by atoms with Gasteiger partial charge in [0.2, 0.25) is 0 Å². The van der Waals surface area contributed by atoms with Crippen molar-refractivity contribution in [1.82, 2.24) is 5.32 Å². The molecule has 3 N–H and O–H groups in total. The fraction of sp³-hybridized carbons (Fsp3) is 0.250. The Hall–Kier alpha value is -2.39. The van der Waals surface area contributed by atoms with Gasteiger partial charge in [0.1, 0.15) is 0 Å². The molecule has 0 aliphatic carbocycles. The van der Waals surface area contributed by atoms with Crippen molar-refractivity contribution in [3.05, 3.63) is 35.4 Å². The molecule has 0 radical (unpaired) electrons. The molecule has 94 valence electrons. The van der Waals surface area contributed by atoms with Crippen LogP contribution in [0.1, 0.15) is 22.8 Å². The highest BCUT2D eigenvalue weighted by Gasteiger charge is 2.25. The topological polar surface area (TPSA) is 110 Å². The van der Waals surface area contributed by atoms with Gasteiger partial charge in [0, 0.05) is 5.56 Å². The molecule has 0 saturated carbocycles. The van der Waals surface area contributed by atoms with E-state index < -0.39 is 24.0 Å². The van der Waals surface area contributed by atoms with Crippen molar-refractivity contribution in [2.45, 2.75) is 19.1 Å². The van der Waals surface area contributed by atoms with E-state index in [4.69, 9.17) is 10.4 Å². The van der Waals surface area contributed by atoms with Crippen LogP contribution in [0.2, 0.25) is 0 Å². The van der Waals surface area contributed by atoms with Crippen molar-refractivity contribution in [1.29, 1.82) is 5.26 Å². The van der Waals surface area contributed by atoms with Gasteiger partial charge in [0.15, 0.2) is 6.04 Å². The van der Waals surface area contributed by atoms with E-state index in [-0.39, 0.29) is 5.56 Å². The highest BCUT2D eigenvalue weighted by Crippen LogP contribution is 2.05. The summed E-state index contributed by atoms with van der Waals surface area (Å²) in [5.41, 5.74) is 0.465. The first-order valence-electron chi connectivity index (χ1n) is 5.17. The Balaban J connectivity index is 2.87. The third-order valence-corrected chi connectivity index (χ3v) is 2.29. The van der Waals surface area contributed by atoms with Gasteiger partial charge >= 0.3 is 5.97 Å². The second-order valence-electron chi connectivity index (χ2n) is 3.72. The van der Waals surface area contributed by atoms with Crippen molar-refractivity contribution in [2.24, 2.45) is 0 Å². The molecule has 1 aromatic carbocycles. The maximum atomic E-state index is 11.7. The van der Waals surface area contributed by atoms with Crippen molar-refractivity contribution in [2.75, 3.05) is 0 Å². The standard InChI is InChI=1S/C12H12N2O4/c1-7(15)10(12(17)18)14-11(16)9-4-2-3-8(5-9)6-13/h2-5,7,10,15H,1H3,(H,14,16)(H,17,18)/t7-,10+/m1/s1. The molecule has 0 saturated heterocycles. The summed E-state index contributed by atoms with van der Waals surface area (Å²) in [7, 11) is 0. The number of rotatable bonds is 4.